The lowest BCUT2D eigenvalue weighted by molar-refractivity contribution is 0.847. The molecule has 0 radical (unpaired) electrons. The van der Waals surface area contributed by atoms with Crippen LogP contribution in [0.3, 0.4) is 0 Å². The number of hydrogen-bond donors (Lipinski definition) is 0. The highest BCUT2D eigenvalue weighted by molar-refractivity contribution is 9.10. The summed E-state index contributed by atoms with van der Waals surface area (Å²) in [7, 11) is 0. The van der Waals surface area contributed by atoms with Crippen molar-refractivity contribution in [2.75, 3.05) is 0 Å². The van der Waals surface area contributed by atoms with E-state index >= 15 is 0 Å². The summed E-state index contributed by atoms with van der Waals surface area (Å²) in [6.07, 6.45) is 2.55. The average Bonchev–Trinajstić information content (AvgIpc) is 3.13. The number of halogens is 1. The molecule has 80 valence electrons. The lowest BCUT2D eigenvalue weighted by Crippen LogP contribution is -2.07. The van der Waals surface area contributed by atoms with E-state index in [9.17, 15) is 0 Å². The molecule has 0 saturated heterocycles. The largest absolute Gasteiger partial charge is 0.0622 e. The molecule has 2 aromatic carbocycles. The maximum Gasteiger partial charge on any atom is 0.0203 e. The van der Waals surface area contributed by atoms with Gasteiger partial charge in [0, 0.05) is 9.89 Å². The Morgan fingerprint density at radius 3 is 1.88 bits per heavy atom. The van der Waals surface area contributed by atoms with E-state index in [0.717, 1.165) is 4.47 Å². The monoisotopic (exact) mass is 272 g/mol. The SMILES string of the molecule is Brc1ccc(C2(c3ccccc3)CC2)cc1. The minimum atomic E-state index is 0.307. The fourth-order valence-corrected chi connectivity index (χ4v) is 2.66. The summed E-state index contributed by atoms with van der Waals surface area (Å²) >= 11 is 3.49. The topological polar surface area (TPSA) is 0 Å². The summed E-state index contributed by atoms with van der Waals surface area (Å²) in [6.45, 7) is 0. The molecule has 3 rings (SSSR count). The van der Waals surface area contributed by atoms with Gasteiger partial charge in [0.05, 0.1) is 0 Å². The van der Waals surface area contributed by atoms with Gasteiger partial charge < -0.3 is 0 Å². The Morgan fingerprint density at radius 2 is 1.31 bits per heavy atom. The molecule has 0 N–H and O–H groups in total. The second-order valence-electron chi connectivity index (χ2n) is 4.46. The van der Waals surface area contributed by atoms with Crippen LogP contribution in [0.4, 0.5) is 0 Å². The molecule has 0 bridgehead atoms. The van der Waals surface area contributed by atoms with Gasteiger partial charge in [-0.25, -0.2) is 0 Å². The summed E-state index contributed by atoms with van der Waals surface area (Å²) in [5, 5.41) is 0. The van der Waals surface area contributed by atoms with Crippen molar-refractivity contribution < 1.29 is 0 Å². The summed E-state index contributed by atoms with van der Waals surface area (Å²) in [6, 6.07) is 19.6. The van der Waals surface area contributed by atoms with Gasteiger partial charge in [-0.3, -0.25) is 0 Å². The minimum absolute atomic E-state index is 0.307. The molecular weight excluding hydrogens is 260 g/mol. The first-order valence-corrected chi connectivity index (χ1v) is 6.42. The van der Waals surface area contributed by atoms with Crippen molar-refractivity contribution in [1.29, 1.82) is 0 Å². The predicted octanol–water partition coefficient (Wildman–Crippen LogP) is 4.53. The van der Waals surface area contributed by atoms with Crippen molar-refractivity contribution in [3.8, 4) is 0 Å². The van der Waals surface area contributed by atoms with Gasteiger partial charge >= 0.3 is 0 Å². The van der Waals surface area contributed by atoms with Crippen LogP contribution in [-0.2, 0) is 5.41 Å². The lowest BCUT2D eigenvalue weighted by Gasteiger charge is -2.16. The van der Waals surface area contributed by atoms with Crippen molar-refractivity contribution in [2.45, 2.75) is 18.3 Å². The van der Waals surface area contributed by atoms with Crippen LogP contribution < -0.4 is 0 Å². The quantitative estimate of drug-likeness (QED) is 0.754. The molecule has 1 aliphatic carbocycles. The Hall–Kier alpha value is -1.08. The molecule has 0 aromatic heterocycles. The van der Waals surface area contributed by atoms with E-state index in [1.807, 2.05) is 0 Å². The smallest absolute Gasteiger partial charge is 0.0203 e. The lowest BCUT2D eigenvalue weighted by atomic mass is 9.88. The zero-order valence-electron chi connectivity index (χ0n) is 8.99. The minimum Gasteiger partial charge on any atom is -0.0622 e. The van der Waals surface area contributed by atoms with Crippen molar-refractivity contribution >= 4 is 15.9 Å². The number of hydrogen-bond acceptors (Lipinski definition) is 0. The maximum absolute atomic E-state index is 3.49. The Bertz CT molecular complexity index is 481. The van der Waals surface area contributed by atoms with E-state index in [0.29, 0.717) is 5.41 Å². The van der Waals surface area contributed by atoms with Crippen molar-refractivity contribution in [3.63, 3.8) is 0 Å². The van der Waals surface area contributed by atoms with Crippen molar-refractivity contribution in [3.05, 3.63) is 70.2 Å². The van der Waals surface area contributed by atoms with Gasteiger partial charge in [0.1, 0.15) is 0 Å². The van der Waals surface area contributed by atoms with Gasteiger partial charge in [0.2, 0.25) is 0 Å². The molecule has 0 amide bonds. The van der Waals surface area contributed by atoms with Gasteiger partial charge in [0.25, 0.3) is 0 Å². The fraction of sp³-hybridized carbons (Fsp3) is 0.200. The van der Waals surface area contributed by atoms with Crippen LogP contribution >= 0.6 is 15.9 Å². The second-order valence-corrected chi connectivity index (χ2v) is 5.37. The zero-order chi connectivity index (χ0) is 11.0. The average molecular weight is 273 g/mol. The van der Waals surface area contributed by atoms with E-state index in [4.69, 9.17) is 0 Å². The zero-order valence-corrected chi connectivity index (χ0v) is 10.6. The Balaban J connectivity index is 2.03. The molecular formula is C15H13Br. The van der Waals surface area contributed by atoms with Crippen LogP contribution in [0.25, 0.3) is 0 Å². The molecule has 0 nitrogen and oxygen atoms in total. The first kappa shape index (κ1) is 10.1. The Kier molecular flexibility index (Phi) is 2.36. The highest BCUT2D eigenvalue weighted by Crippen LogP contribution is 2.53. The highest BCUT2D eigenvalue weighted by Gasteiger charge is 2.45. The van der Waals surface area contributed by atoms with Crippen LogP contribution in [0, 0.1) is 0 Å². The first-order chi connectivity index (χ1) is 7.81. The van der Waals surface area contributed by atoms with Crippen LogP contribution in [0.5, 0.6) is 0 Å². The molecule has 2 aromatic rings. The number of benzene rings is 2. The Morgan fingerprint density at radius 1 is 0.750 bits per heavy atom. The molecule has 1 fully saturated rings. The van der Waals surface area contributed by atoms with Gasteiger partial charge in [-0.15, -0.1) is 0 Å². The molecule has 0 spiro atoms. The maximum atomic E-state index is 3.49. The van der Waals surface area contributed by atoms with Crippen molar-refractivity contribution in [1.82, 2.24) is 0 Å². The van der Waals surface area contributed by atoms with Crippen LogP contribution in [0.1, 0.15) is 24.0 Å². The molecule has 0 aliphatic heterocycles. The number of rotatable bonds is 2. The molecule has 1 saturated carbocycles. The standard InChI is InChI=1S/C15H13Br/c16-14-8-6-13(7-9-14)15(10-11-15)12-4-2-1-3-5-12/h1-9H,10-11H2. The normalized spacial score (nSPS) is 17.1. The summed E-state index contributed by atoms with van der Waals surface area (Å²) in [5.41, 5.74) is 3.21. The van der Waals surface area contributed by atoms with Gasteiger partial charge in [-0.1, -0.05) is 58.4 Å². The van der Waals surface area contributed by atoms with Crippen LogP contribution in [-0.4, -0.2) is 0 Å². The third-order valence-corrected chi connectivity index (χ3v) is 4.00. The van der Waals surface area contributed by atoms with E-state index in [1.54, 1.807) is 0 Å². The van der Waals surface area contributed by atoms with Gasteiger partial charge in [-0.2, -0.15) is 0 Å². The van der Waals surface area contributed by atoms with E-state index in [2.05, 4.69) is 70.5 Å². The third-order valence-electron chi connectivity index (χ3n) is 3.47. The third kappa shape index (κ3) is 1.60. The highest BCUT2D eigenvalue weighted by atomic mass is 79.9. The second kappa shape index (κ2) is 3.74. The van der Waals surface area contributed by atoms with E-state index in [1.165, 1.54) is 24.0 Å². The summed E-state index contributed by atoms with van der Waals surface area (Å²) in [5.74, 6) is 0. The van der Waals surface area contributed by atoms with E-state index < -0.39 is 0 Å². The molecule has 0 heterocycles. The van der Waals surface area contributed by atoms with Crippen LogP contribution in [0.2, 0.25) is 0 Å². The van der Waals surface area contributed by atoms with Gasteiger partial charge in [0.15, 0.2) is 0 Å². The van der Waals surface area contributed by atoms with Crippen LogP contribution in [0.15, 0.2) is 59.1 Å². The van der Waals surface area contributed by atoms with Crippen molar-refractivity contribution in [2.24, 2.45) is 0 Å². The Labute approximate surface area is 104 Å². The van der Waals surface area contributed by atoms with Gasteiger partial charge in [-0.05, 0) is 36.1 Å². The predicted molar refractivity (Wildman–Crippen MR) is 70.6 cm³/mol. The summed E-state index contributed by atoms with van der Waals surface area (Å²) < 4.78 is 1.15. The molecule has 16 heavy (non-hydrogen) atoms. The molecule has 0 atom stereocenters. The summed E-state index contributed by atoms with van der Waals surface area (Å²) in [4.78, 5) is 0. The molecule has 1 heteroatoms. The first-order valence-electron chi connectivity index (χ1n) is 5.63. The molecule has 0 unspecified atom stereocenters. The van der Waals surface area contributed by atoms with E-state index in [-0.39, 0.29) is 0 Å². The molecule has 1 aliphatic rings. The fourth-order valence-electron chi connectivity index (χ4n) is 2.40.